The molecule has 1 atom stereocenters. The summed E-state index contributed by atoms with van der Waals surface area (Å²) in [5.74, 6) is -0.549. The Labute approximate surface area is 75.9 Å². The van der Waals surface area contributed by atoms with E-state index < -0.39 is 18.0 Å². The van der Waals surface area contributed by atoms with Crippen LogP contribution in [0.5, 0.6) is 0 Å². The first kappa shape index (κ1) is 9.70. The van der Waals surface area contributed by atoms with Crippen molar-refractivity contribution in [3.05, 3.63) is 0 Å². The highest BCUT2D eigenvalue weighted by Crippen LogP contribution is 2.05. The normalized spacial score (nSPS) is 21.6. The highest BCUT2D eigenvalue weighted by atomic mass is 16.2. The zero-order valence-electron chi connectivity index (χ0n) is 7.59. The second-order valence-corrected chi connectivity index (χ2v) is 3.34. The standard InChI is InChI=1S/C8H12N2O3/c1-4(2)6(11)3-5-7(12)10-8(13)9-5/h4-5H,3H2,1-2H3,(H2,9,10,12,13). The molecule has 13 heavy (non-hydrogen) atoms. The van der Waals surface area contributed by atoms with E-state index in [0.717, 1.165) is 0 Å². The van der Waals surface area contributed by atoms with Gasteiger partial charge >= 0.3 is 6.03 Å². The smallest absolute Gasteiger partial charge is 0.322 e. The van der Waals surface area contributed by atoms with Gasteiger partial charge in [-0.05, 0) is 0 Å². The average Bonchev–Trinajstić information content (AvgIpc) is 2.30. The third kappa shape index (κ3) is 2.27. The van der Waals surface area contributed by atoms with Gasteiger partial charge in [0.25, 0.3) is 5.91 Å². The lowest BCUT2D eigenvalue weighted by Gasteiger charge is -2.07. The summed E-state index contributed by atoms with van der Waals surface area (Å²) in [6, 6.07) is -1.20. The number of carbonyl (C=O) groups is 3. The quantitative estimate of drug-likeness (QED) is 0.597. The molecule has 5 heteroatoms. The molecule has 1 aliphatic rings. The molecule has 1 rings (SSSR count). The topological polar surface area (TPSA) is 75.3 Å². The largest absolute Gasteiger partial charge is 0.326 e. The molecule has 0 spiro atoms. The lowest BCUT2D eigenvalue weighted by Crippen LogP contribution is -2.32. The van der Waals surface area contributed by atoms with Crippen molar-refractivity contribution in [2.75, 3.05) is 0 Å². The van der Waals surface area contributed by atoms with Crippen LogP contribution in [0.25, 0.3) is 0 Å². The molecule has 2 N–H and O–H groups in total. The minimum Gasteiger partial charge on any atom is -0.326 e. The Morgan fingerprint density at radius 1 is 1.46 bits per heavy atom. The molecule has 1 heterocycles. The SMILES string of the molecule is CC(C)C(=O)CC1NC(=O)NC1=O. The molecule has 0 aromatic heterocycles. The van der Waals surface area contributed by atoms with Gasteiger partial charge in [-0.3, -0.25) is 14.9 Å². The minimum absolute atomic E-state index is 0.0256. The highest BCUT2D eigenvalue weighted by molar-refractivity contribution is 6.05. The minimum atomic E-state index is -0.678. The molecule has 1 aliphatic heterocycles. The van der Waals surface area contributed by atoms with Crippen LogP contribution in [0.3, 0.4) is 0 Å². The Bertz CT molecular complexity index is 260. The van der Waals surface area contributed by atoms with Crippen LogP contribution in [0.15, 0.2) is 0 Å². The van der Waals surface area contributed by atoms with Gasteiger partial charge in [-0.2, -0.15) is 0 Å². The van der Waals surface area contributed by atoms with Crippen LogP contribution in [0.2, 0.25) is 0 Å². The van der Waals surface area contributed by atoms with Gasteiger partial charge in [-0.15, -0.1) is 0 Å². The molecular formula is C8H12N2O3. The first-order chi connectivity index (χ1) is 6.00. The third-order valence-corrected chi connectivity index (χ3v) is 1.91. The van der Waals surface area contributed by atoms with Gasteiger partial charge in [0.05, 0.1) is 0 Å². The van der Waals surface area contributed by atoms with Gasteiger partial charge in [-0.25, -0.2) is 4.79 Å². The molecule has 1 fully saturated rings. The summed E-state index contributed by atoms with van der Waals surface area (Å²) >= 11 is 0. The van der Waals surface area contributed by atoms with Gasteiger partial charge < -0.3 is 5.32 Å². The van der Waals surface area contributed by atoms with Gasteiger partial charge in [0.1, 0.15) is 11.8 Å². The Kier molecular flexibility index (Phi) is 2.65. The predicted molar refractivity (Wildman–Crippen MR) is 44.9 cm³/mol. The van der Waals surface area contributed by atoms with Crippen molar-refractivity contribution in [3.8, 4) is 0 Å². The predicted octanol–water partition coefficient (Wildman–Crippen LogP) is -0.190. The number of ketones is 1. The molecule has 0 aromatic carbocycles. The highest BCUT2D eigenvalue weighted by Gasteiger charge is 2.31. The Balaban J connectivity index is 2.51. The first-order valence-electron chi connectivity index (χ1n) is 4.14. The van der Waals surface area contributed by atoms with Crippen molar-refractivity contribution in [3.63, 3.8) is 0 Å². The summed E-state index contributed by atoms with van der Waals surface area (Å²) in [5, 5.41) is 4.44. The summed E-state index contributed by atoms with van der Waals surface area (Å²) in [6.07, 6.45) is 0.0786. The van der Waals surface area contributed by atoms with Crippen molar-refractivity contribution in [1.82, 2.24) is 10.6 Å². The molecule has 72 valence electrons. The van der Waals surface area contributed by atoms with Gasteiger partial charge in [0, 0.05) is 12.3 Å². The number of hydrogen-bond donors (Lipinski definition) is 2. The number of carbonyl (C=O) groups excluding carboxylic acids is 3. The van der Waals surface area contributed by atoms with Crippen molar-refractivity contribution in [2.24, 2.45) is 5.92 Å². The van der Waals surface area contributed by atoms with E-state index in [1.165, 1.54) is 0 Å². The molecule has 1 saturated heterocycles. The van der Waals surface area contributed by atoms with Crippen LogP contribution >= 0.6 is 0 Å². The van der Waals surface area contributed by atoms with E-state index in [4.69, 9.17) is 0 Å². The van der Waals surface area contributed by atoms with Crippen molar-refractivity contribution >= 4 is 17.7 Å². The summed E-state index contributed by atoms with van der Waals surface area (Å²) in [7, 11) is 0. The van der Waals surface area contributed by atoms with Gasteiger partial charge in [0.15, 0.2) is 0 Å². The van der Waals surface area contributed by atoms with Crippen molar-refractivity contribution in [1.29, 1.82) is 0 Å². The second-order valence-electron chi connectivity index (χ2n) is 3.34. The van der Waals surface area contributed by atoms with Crippen LogP contribution in [0, 0.1) is 5.92 Å². The van der Waals surface area contributed by atoms with E-state index in [1.54, 1.807) is 13.8 Å². The molecule has 0 bridgehead atoms. The van der Waals surface area contributed by atoms with Crippen LogP contribution in [-0.4, -0.2) is 23.8 Å². The molecule has 3 amide bonds. The average molecular weight is 184 g/mol. The van der Waals surface area contributed by atoms with Gasteiger partial charge in [0.2, 0.25) is 0 Å². The fourth-order valence-electron chi connectivity index (χ4n) is 1.04. The second kappa shape index (κ2) is 3.55. The molecule has 0 radical (unpaired) electrons. The first-order valence-corrected chi connectivity index (χ1v) is 4.14. The number of nitrogens with one attached hydrogen (secondary N) is 2. The Morgan fingerprint density at radius 3 is 2.46 bits per heavy atom. The van der Waals surface area contributed by atoms with E-state index in [9.17, 15) is 14.4 Å². The molecule has 0 aliphatic carbocycles. The number of rotatable bonds is 3. The van der Waals surface area contributed by atoms with E-state index in [0.29, 0.717) is 0 Å². The van der Waals surface area contributed by atoms with Crippen LogP contribution in [0.1, 0.15) is 20.3 Å². The molecule has 1 unspecified atom stereocenters. The van der Waals surface area contributed by atoms with Crippen LogP contribution in [0.4, 0.5) is 4.79 Å². The Morgan fingerprint density at radius 2 is 2.08 bits per heavy atom. The number of Topliss-reactive ketones (excluding diaryl/α,β-unsaturated/α-hetero) is 1. The lowest BCUT2D eigenvalue weighted by atomic mass is 10.0. The molecule has 5 nitrogen and oxygen atoms in total. The van der Waals surface area contributed by atoms with E-state index >= 15 is 0 Å². The summed E-state index contributed by atoms with van der Waals surface area (Å²) in [5.41, 5.74) is 0. The number of imide groups is 1. The van der Waals surface area contributed by atoms with E-state index in [1.807, 2.05) is 0 Å². The fraction of sp³-hybridized carbons (Fsp3) is 0.625. The zero-order valence-corrected chi connectivity index (χ0v) is 7.59. The molecule has 0 saturated carbocycles. The monoisotopic (exact) mass is 184 g/mol. The van der Waals surface area contributed by atoms with Crippen molar-refractivity contribution < 1.29 is 14.4 Å². The maximum Gasteiger partial charge on any atom is 0.322 e. The Hall–Kier alpha value is -1.39. The maximum atomic E-state index is 11.2. The third-order valence-electron chi connectivity index (χ3n) is 1.91. The van der Waals surface area contributed by atoms with E-state index in [2.05, 4.69) is 10.6 Å². The van der Waals surface area contributed by atoms with Crippen LogP contribution < -0.4 is 10.6 Å². The summed E-state index contributed by atoms with van der Waals surface area (Å²) in [6.45, 7) is 3.52. The fourth-order valence-corrected chi connectivity index (χ4v) is 1.04. The number of hydrogen-bond acceptors (Lipinski definition) is 3. The number of urea groups is 1. The van der Waals surface area contributed by atoms with E-state index in [-0.39, 0.29) is 18.1 Å². The molecular weight excluding hydrogens is 172 g/mol. The zero-order chi connectivity index (χ0) is 10.0. The summed E-state index contributed by atoms with van der Waals surface area (Å²) in [4.78, 5) is 32.9. The molecule has 0 aromatic rings. The number of amides is 3. The lowest BCUT2D eigenvalue weighted by molar-refractivity contribution is -0.126. The summed E-state index contributed by atoms with van der Waals surface area (Å²) < 4.78 is 0. The van der Waals surface area contributed by atoms with Crippen molar-refractivity contribution in [2.45, 2.75) is 26.3 Å². The van der Waals surface area contributed by atoms with Crippen LogP contribution in [-0.2, 0) is 9.59 Å². The van der Waals surface area contributed by atoms with Gasteiger partial charge in [-0.1, -0.05) is 13.8 Å². The maximum absolute atomic E-state index is 11.2.